The van der Waals surface area contributed by atoms with Gasteiger partial charge in [-0.3, -0.25) is 0 Å². The first-order valence-electron chi connectivity index (χ1n) is 7.90. The van der Waals surface area contributed by atoms with Crippen molar-refractivity contribution in [2.24, 2.45) is 5.92 Å². The Morgan fingerprint density at radius 2 is 2.12 bits per heavy atom. The maximum Gasteiger partial charge on any atom is 0.322 e. The van der Waals surface area contributed by atoms with E-state index in [1.54, 1.807) is 4.90 Å². The monoisotopic (exact) mass is 335 g/mol. The topological polar surface area (TPSA) is 58.4 Å². The first-order valence-corrected chi connectivity index (χ1v) is 7.90. The van der Waals surface area contributed by atoms with E-state index in [4.69, 9.17) is 4.42 Å². The average molecular weight is 335 g/mol. The number of hydrogen-bond donors (Lipinski definition) is 1. The number of likely N-dealkylation sites (tertiary alicyclic amines) is 1. The number of rotatable bonds is 2. The Morgan fingerprint density at radius 3 is 2.79 bits per heavy atom. The van der Waals surface area contributed by atoms with Gasteiger partial charge in [0.25, 0.3) is 0 Å². The molecular formula is C17H19F2N3O2. The van der Waals surface area contributed by atoms with Crippen LogP contribution in [0.5, 0.6) is 0 Å². The fourth-order valence-electron chi connectivity index (χ4n) is 2.98. The van der Waals surface area contributed by atoms with Crippen LogP contribution in [0.1, 0.15) is 37.3 Å². The van der Waals surface area contributed by atoms with Crippen LogP contribution in [0.4, 0.5) is 19.3 Å². The normalized spacial score (nSPS) is 20.9. The molecule has 2 amide bonds. The number of carbonyl (C=O) groups is 1. The number of urea groups is 1. The minimum Gasteiger partial charge on any atom is -0.464 e. The number of piperidine rings is 1. The van der Waals surface area contributed by atoms with Crippen molar-refractivity contribution in [2.45, 2.75) is 32.7 Å². The predicted octanol–water partition coefficient (Wildman–Crippen LogP) is 4.27. The second-order valence-corrected chi connectivity index (χ2v) is 6.19. The van der Waals surface area contributed by atoms with Gasteiger partial charge in [-0.05, 0) is 49.9 Å². The summed E-state index contributed by atoms with van der Waals surface area (Å²) in [7, 11) is 0. The lowest BCUT2D eigenvalue weighted by molar-refractivity contribution is 0.128. The minimum atomic E-state index is -1.04. The van der Waals surface area contributed by atoms with E-state index in [-0.39, 0.29) is 11.7 Å². The van der Waals surface area contributed by atoms with Gasteiger partial charge < -0.3 is 14.6 Å². The number of nitrogens with zero attached hydrogens (tertiary/aromatic N) is 2. The van der Waals surface area contributed by atoms with E-state index in [2.05, 4.69) is 17.2 Å². The molecule has 0 bridgehead atoms. The van der Waals surface area contributed by atoms with Crippen molar-refractivity contribution in [1.82, 2.24) is 9.88 Å². The van der Waals surface area contributed by atoms with Gasteiger partial charge in [0.05, 0.1) is 11.7 Å². The molecule has 1 aliphatic heterocycles. The SMILES string of the molecule is Cc1ccc([C@@H]2C[C@@H](C)CCN2C(=O)Nc2ccc(F)nc2F)o1. The van der Waals surface area contributed by atoms with Gasteiger partial charge in [-0.1, -0.05) is 6.92 Å². The number of carbonyl (C=O) groups excluding carboxylic acids is 1. The predicted molar refractivity (Wildman–Crippen MR) is 84.5 cm³/mol. The van der Waals surface area contributed by atoms with Crippen LogP contribution < -0.4 is 5.32 Å². The van der Waals surface area contributed by atoms with Crippen LogP contribution in [0.25, 0.3) is 0 Å². The summed E-state index contributed by atoms with van der Waals surface area (Å²) in [5.41, 5.74) is -0.144. The van der Waals surface area contributed by atoms with Crippen molar-refractivity contribution in [3.05, 3.63) is 47.7 Å². The third-order valence-corrected chi connectivity index (χ3v) is 4.27. The molecule has 0 radical (unpaired) electrons. The molecule has 1 saturated heterocycles. The zero-order valence-corrected chi connectivity index (χ0v) is 13.6. The summed E-state index contributed by atoms with van der Waals surface area (Å²) in [6.45, 7) is 4.51. The highest BCUT2D eigenvalue weighted by Crippen LogP contribution is 2.35. The van der Waals surface area contributed by atoms with Gasteiger partial charge in [-0.15, -0.1) is 0 Å². The molecule has 3 rings (SSSR count). The summed E-state index contributed by atoms with van der Waals surface area (Å²) in [6, 6.07) is 5.22. The number of furan rings is 1. The molecule has 3 heterocycles. The Hall–Kier alpha value is -2.44. The third kappa shape index (κ3) is 3.39. The van der Waals surface area contributed by atoms with E-state index in [9.17, 15) is 13.6 Å². The van der Waals surface area contributed by atoms with Crippen molar-refractivity contribution in [3.63, 3.8) is 0 Å². The Morgan fingerprint density at radius 1 is 1.33 bits per heavy atom. The van der Waals surface area contributed by atoms with Gasteiger partial charge in [0.2, 0.25) is 11.9 Å². The van der Waals surface area contributed by atoms with Crippen molar-refractivity contribution in [2.75, 3.05) is 11.9 Å². The first-order chi connectivity index (χ1) is 11.4. The summed E-state index contributed by atoms with van der Waals surface area (Å²) >= 11 is 0. The van der Waals surface area contributed by atoms with Gasteiger partial charge >= 0.3 is 6.03 Å². The van der Waals surface area contributed by atoms with Crippen molar-refractivity contribution < 1.29 is 18.0 Å². The maximum absolute atomic E-state index is 13.7. The standard InChI is InChI=1S/C17H19F2N3O2/c1-10-7-8-22(13(9-10)14-5-3-11(2)24-14)17(23)20-12-4-6-15(18)21-16(12)19/h3-6,10,13H,7-9H2,1-2H3,(H,20,23)/t10-,13-/m0/s1. The van der Waals surface area contributed by atoms with E-state index >= 15 is 0 Å². The van der Waals surface area contributed by atoms with Crippen LogP contribution >= 0.6 is 0 Å². The van der Waals surface area contributed by atoms with Crippen molar-refractivity contribution >= 4 is 11.7 Å². The van der Waals surface area contributed by atoms with Crippen molar-refractivity contribution in [1.29, 1.82) is 0 Å². The molecule has 0 saturated carbocycles. The number of aromatic nitrogens is 1. The van der Waals surface area contributed by atoms with Crippen LogP contribution in [0.15, 0.2) is 28.7 Å². The molecule has 2 aromatic rings. The molecule has 1 fully saturated rings. The Labute approximate surface area is 138 Å². The Bertz CT molecular complexity index is 747. The number of pyridine rings is 1. The fraction of sp³-hybridized carbons (Fsp3) is 0.412. The lowest BCUT2D eigenvalue weighted by Crippen LogP contribution is -2.43. The van der Waals surface area contributed by atoms with Crippen LogP contribution in [0, 0.1) is 24.7 Å². The zero-order valence-electron chi connectivity index (χ0n) is 13.6. The molecule has 1 N–H and O–H groups in total. The molecule has 2 atom stereocenters. The largest absolute Gasteiger partial charge is 0.464 e. The summed E-state index contributed by atoms with van der Waals surface area (Å²) in [6.07, 6.45) is 1.62. The van der Waals surface area contributed by atoms with Crippen LogP contribution in [0.3, 0.4) is 0 Å². The van der Waals surface area contributed by atoms with Gasteiger partial charge in [-0.2, -0.15) is 13.8 Å². The molecule has 2 aromatic heterocycles. The highest BCUT2D eigenvalue weighted by atomic mass is 19.1. The lowest BCUT2D eigenvalue weighted by Gasteiger charge is -2.37. The zero-order chi connectivity index (χ0) is 17.3. The van der Waals surface area contributed by atoms with Gasteiger partial charge in [-0.25, -0.2) is 4.79 Å². The van der Waals surface area contributed by atoms with Crippen molar-refractivity contribution in [3.8, 4) is 0 Å². The van der Waals surface area contributed by atoms with E-state index in [0.29, 0.717) is 18.2 Å². The number of amides is 2. The third-order valence-electron chi connectivity index (χ3n) is 4.27. The fourth-order valence-corrected chi connectivity index (χ4v) is 2.98. The quantitative estimate of drug-likeness (QED) is 0.834. The molecule has 0 spiro atoms. The van der Waals surface area contributed by atoms with Gasteiger partial charge in [0.1, 0.15) is 11.5 Å². The molecule has 128 valence electrons. The smallest absolute Gasteiger partial charge is 0.322 e. The first kappa shape index (κ1) is 16.4. The molecule has 0 aromatic carbocycles. The molecule has 0 aliphatic carbocycles. The summed E-state index contributed by atoms with van der Waals surface area (Å²) in [5, 5.41) is 2.47. The Balaban J connectivity index is 1.80. The summed E-state index contributed by atoms with van der Waals surface area (Å²) < 4.78 is 32.2. The number of hydrogen-bond acceptors (Lipinski definition) is 3. The van der Waals surface area contributed by atoms with Gasteiger partial charge in [0.15, 0.2) is 0 Å². The van der Waals surface area contributed by atoms with Gasteiger partial charge in [0, 0.05) is 6.54 Å². The van der Waals surface area contributed by atoms with E-state index in [1.807, 2.05) is 19.1 Å². The average Bonchev–Trinajstić information content (AvgIpc) is 2.96. The van der Waals surface area contributed by atoms with Crippen LogP contribution in [-0.4, -0.2) is 22.5 Å². The maximum atomic E-state index is 13.7. The number of halogens is 2. The molecular weight excluding hydrogens is 316 g/mol. The van der Waals surface area contributed by atoms with E-state index in [1.165, 1.54) is 0 Å². The molecule has 0 unspecified atom stereocenters. The molecule has 24 heavy (non-hydrogen) atoms. The Kier molecular flexibility index (Phi) is 4.51. The minimum absolute atomic E-state index is 0.144. The molecule has 1 aliphatic rings. The number of aryl methyl sites for hydroxylation is 1. The summed E-state index contributed by atoms with van der Waals surface area (Å²) in [4.78, 5) is 17.3. The number of anilines is 1. The number of nitrogens with one attached hydrogen (secondary N) is 1. The van der Waals surface area contributed by atoms with E-state index < -0.39 is 17.9 Å². The molecule has 7 heteroatoms. The second-order valence-electron chi connectivity index (χ2n) is 6.19. The highest BCUT2D eigenvalue weighted by molar-refractivity contribution is 5.89. The lowest BCUT2D eigenvalue weighted by atomic mass is 9.91. The second kappa shape index (κ2) is 6.59. The highest BCUT2D eigenvalue weighted by Gasteiger charge is 2.33. The van der Waals surface area contributed by atoms with Crippen LogP contribution in [-0.2, 0) is 0 Å². The van der Waals surface area contributed by atoms with Crippen LogP contribution in [0.2, 0.25) is 0 Å². The van der Waals surface area contributed by atoms with E-state index in [0.717, 1.165) is 30.7 Å². The molecule has 5 nitrogen and oxygen atoms in total. The summed E-state index contributed by atoms with van der Waals surface area (Å²) in [5.74, 6) is -0.0294.